The van der Waals surface area contributed by atoms with E-state index in [0.717, 1.165) is 31.2 Å². The Hall–Kier alpha value is -0.820. The fraction of sp³-hybridized carbons (Fsp3) is 0.571. The topological polar surface area (TPSA) is 20.2 Å². The quantitative estimate of drug-likeness (QED) is 0.742. The highest BCUT2D eigenvalue weighted by Gasteiger charge is 2.37. The van der Waals surface area contributed by atoms with Crippen LogP contribution in [0.4, 0.5) is 0 Å². The lowest BCUT2D eigenvalue weighted by molar-refractivity contribution is -0.0305. The van der Waals surface area contributed by atoms with Gasteiger partial charge in [-0.25, -0.2) is 0 Å². The van der Waals surface area contributed by atoms with E-state index in [2.05, 4.69) is 13.8 Å². The molecule has 2 rings (SSSR count). The molecule has 1 N–H and O–H groups in total. The molecule has 0 aromatic heterocycles. The first-order valence-electron chi connectivity index (χ1n) is 5.80. The van der Waals surface area contributed by atoms with Crippen molar-refractivity contribution in [3.63, 3.8) is 0 Å². The molecule has 0 amide bonds. The van der Waals surface area contributed by atoms with Gasteiger partial charge in [-0.15, -0.1) is 0 Å². The number of hydrogen-bond acceptors (Lipinski definition) is 1. The van der Waals surface area contributed by atoms with Gasteiger partial charge in [-0.1, -0.05) is 44.2 Å². The van der Waals surface area contributed by atoms with E-state index in [1.54, 1.807) is 0 Å². The van der Waals surface area contributed by atoms with Crippen LogP contribution in [0.25, 0.3) is 0 Å². The first kappa shape index (κ1) is 10.7. The molecule has 0 atom stereocenters. The summed E-state index contributed by atoms with van der Waals surface area (Å²) in [5, 5.41) is 10.6. The lowest BCUT2D eigenvalue weighted by Crippen LogP contribution is -2.34. The fourth-order valence-electron chi connectivity index (χ4n) is 2.38. The minimum absolute atomic E-state index is 0.404. The second kappa shape index (κ2) is 3.64. The van der Waals surface area contributed by atoms with Gasteiger partial charge in [0, 0.05) is 0 Å². The van der Waals surface area contributed by atoms with Gasteiger partial charge in [-0.05, 0) is 36.7 Å². The molecule has 1 aromatic carbocycles. The third kappa shape index (κ3) is 2.23. The Morgan fingerprint density at radius 3 is 2.00 bits per heavy atom. The molecular formula is C14H20O. The molecule has 1 nitrogen and oxygen atoms in total. The van der Waals surface area contributed by atoms with Crippen LogP contribution < -0.4 is 0 Å². The minimum Gasteiger partial charge on any atom is -0.385 e. The average Bonchev–Trinajstić information content (AvgIpc) is 2.24. The van der Waals surface area contributed by atoms with Gasteiger partial charge < -0.3 is 5.11 Å². The van der Waals surface area contributed by atoms with Crippen LogP contribution in [0, 0.1) is 5.41 Å². The van der Waals surface area contributed by atoms with Crippen LogP contribution in [0.1, 0.15) is 45.1 Å². The molecule has 0 unspecified atom stereocenters. The van der Waals surface area contributed by atoms with E-state index in [0.29, 0.717) is 5.41 Å². The van der Waals surface area contributed by atoms with Crippen molar-refractivity contribution >= 4 is 0 Å². The SMILES string of the molecule is CC1(C)CCC(O)(c2ccccc2)CC1. The van der Waals surface area contributed by atoms with Crippen LogP contribution in [0.3, 0.4) is 0 Å². The molecule has 1 aliphatic carbocycles. The summed E-state index contributed by atoms with van der Waals surface area (Å²) in [5.41, 5.74) is 0.915. The van der Waals surface area contributed by atoms with E-state index in [-0.39, 0.29) is 0 Å². The van der Waals surface area contributed by atoms with Gasteiger partial charge in [0.15, 0.2) is 0 Å². The molecule has 1 fully saturated rings. The van der Waals surface area contributed by atoms with Gasteiger partial charge in [0.25, 0.3) is 0 Å². The fourth-order valence-corrected chi connectivity index (χ4v) is 2.38. The van der Waals surface area contributed by atoms with Crippen LogP contribution in [0.2, 0.25) is 0 Å². The number of aliphatic hydroxyl groups is 1. The van der Waals surface area contributed by atoms with Crippen molar-refractivity contribution < 1.29 is 5.11 Å². The molecule has 1 heteroatoms. The second-order valence-corrected chi connectivity index (χ2v) is 5.56. The van der Waals surface area contributed by atoms with Crippen LogP contribution in [-0.4, -0.2) is 5.11 Å². The highest BCUT2D eigenvalue weighted by Crippen LogP contribution is 2.44. The monoisotopic (exact) mass is 204 g/mol. The zero-order chi connectivity index (χ0) is 10.9. The highest BCUT2D eigenvalue weighted by molar-refractivity contribution is 5.23. The first-order chi connectivity index (χ1) is 7.02. The van der Waals surface area contributed by atoms with E-state index in [4.69, 9.17) is 0 Å². The molecule has 15 heavy (non-hydrogen) atoms. The van der Waals surface area contributed by atoms with E-state index >= 15 is 0 Å². The third-order valence-corrected chi connectivity index (χ3v) is 3.74. The highest BCUT2D eigenvalue weighted by atomic mass is 16.3. The van der Waals surface area contributed by atoms with Crippen molar-refractivity contribution in [1.29, 1.82) is 0 Å². The summed E-state index contributed by atoms with van der Waals surface area (Å²) < 4.78 is 0. The van der Waals surface area contributed by atoms with Gasteiger partial charge in [0.2, 0.25) is 0 Å². The normalized spacial score (nSPS) is 23.7. The van der Waals surface area contributed by atoms with Crippen molar-refractivity contribution in [2.24, 2.45) is 5.41 Å². The number of hydrogen-bond donors (Lipinski definition) is 1. The third-order valence-electron chi connectivity index (χ3n) is 3.74. The van der Waals surface area contributed by atoms with Crippen molar-refractivity contribution in [3.05, 3.63) is 35.9 Å². The minimum atomic E-state index is -0.573. The maximum Gasteiger partial charge on any atom is 0.0897 e. The largest absolute Gasteiger partial charge is 0.385 e. The van der Waals surface area contributed by atoms with E-state index in [9.17, 15) is 5.11 Å². The summed E-state index contributed by atoms with van der Waals surface area (Å²) in [6.45, 7) is 4.58. The predicted molar refractivity (Wildman–Crippen MR) is 62.6 cm³/mol. The van der Waals surface area contributed by atoms with Crippen molar-refractivity contribution in [3.8, 4) is 0 Å². The molecule has 0 radical (unpaired) electrons. The molecule has 0 heterocycles. The molecular weight excluding hydrogens is 184 g/mol. The Morgan fingerprint density at radius 1 is 0.933 bits per heavy atom. The van der Waals surface area contributed by atoms with Gasteiger partial charge in [-0.3, -0.25) is 0 Å². The molecule has 1 saturated carbocycles. The van der Waals surface area contributed by atoms with Crippen LogP contribution >= 0.6 is 0 Å². The number of benzene rings is 1. The predicted octanol–water partition coefficient (Wildman–Crippen LogP) is 3.47. The Kier molecular flexibility index (Phi) is 2.59. The molecule has 1 aromatic rings. The summed E-state index contributed by atoms with van der Waals surface area (Å²) in [6.07, 6.45) is 4.00. The average molecular weight is 204 g/mol. The molecule has 0 bridgehead atoms. The summed E-state index contributed by atoms with van der Waals surface area (Å²) in [5.74, 6) is 0. The lowest BCUT2D eigenvalue weighted by atomic mass is 9.69. The Labute approximate surface area is 92.1 Å². The maximum atomic E-state index is 10.6. The van der Waals surface area contributed by atoms with Crippen molar-refractivity contribution in [2.45, 2.75) is 45.1 Å². The van der Waals surface area contributed by atoms with Crippen LogP contribution in [0.15, 0.2) is 30.3 Å². The summed E-state index contributed by atoms with van der Waals surface area (Å²) in [4.78, 5) is 0. The molecule has 82 valence electrons. The van der Waals surface area contributed by atoms with Gasteiger partial charge in [0.1, 0.15) is 0 Å². The molecule has 1 aliphatic rings. The summed E-state index contributed by atoms with van der Waals surface area (Å²) in [7, 11) is 0. The summed E-state index contributed by atoms with van der Waals surface area (Å²) >= 11 is 0. The lowest BCUT2D eigenvalue weighted by Gasteiger charge is -2.40. The Balaban J connectivity index is 2.17. The van der Waals surface area contributed by atoms with E-state index < -0.39 is 5.60 Å². The maximum absolute atomic E-state index is 10.6. The van der Waals surface area contributed by atoms with Crippen LogP contribution in [0.5, 0.6) is 0 Å². The second-order valence-electron chi connectivity index (χ2n) is 5.56. The smallest absolute Gasteiger partial charge is 0.0897 e. The van der Waals surface area contributed by atoms with Crippen molar-refractivity contribution in [1.82, 2.24) is 0 Å². The van der Waals surface area contributed by atoms with Gasteiger partial charge in [-0.2, -0.15) is 0 Å². The van der Waals surface area contributed by atoms with Crippen LogP contribution in [-0.2, 0) is 5.60 Å². The van der Waals surface area contributed by atoms with Gasteiger partial charge in [0.05, 0.1) is 5.60 Å². The Morgan fingerprint density at radius 2 is 1.47 bits per heavy atom. The molecule has 0 aliphatic heterocycles. The van der Waals surface area contributed by atoms with Crippen molar-refractivity contribution in [2.75, 3.05) is 0 Å². The standard InChI is InChI=1S/C14H20O/c1-13(2)8-10-14(15,11-9-13)12-6-4-3-5-7-12/h3-7,15H,8-11H2,1-2H3. The first-order valence-corrected chi connectivity index (χ1v) is 5.80. The zero-order valence-electron chi connectivity index (χ0n) is 9.66. The zero-order valence-corrected chi connectivity index (χ0v) is 9.66. The Bertz CT molecular complexity index is 316. The van der Waals surface area contributed by atoms with Gasteiger partial charge >= 0.3 is 0 Å². The van der Waals surface area contributed by atoms with E-state index in [1.807, 2.05) is 30.3 Å². The van der Waals surface area contributed by atoms with E-state index in [1.165, 1.54) is 0 Å². The number of rotatable bonds is 1. The summed E-state index contributed by atoms with van der Waals surface area (Å²) in [6, 6.07) is 10.1. The molecule has 0 spiro atoms. The molecule has 0 saturated heterocycles.